The summed E-state index contributed by atoms with van der Waals surface area (Å²) >= 11 is 0. The second-order valence-electron chi connectivity index (χ2n) is 5.28. The minimum Gasteiger partial charge on any atom is -0.350 e. The minimum absolute atomic E-state index is 0.264. The number of hydrogen-bond donors (Lipinski definition) is 1. The van der Waals surface area contributed by atoms with Crippen molar-refractivity contribution in [2.75, 3.05) is 13.2 Å². The fourth-order valence-corrected chi connectivity index (χ4v) is 2.97. The highest BCUT2D eigenvalue weighted by Crippen LogP contribution is 2.38. The Labute approximate surface area is 108 Å². The van der Waals surface area contributed by atoms with Crippen LogP contribution in [0.2, 0.25) is 0 Å². The van der Waals surface area contributed by atoms with E-state index in [0.29, 0.717) is 6.04 Å². The van der Waals surface area contributed by atoms with Gasteiger partial charge in [-0.15, -0.1) is 0 Å². The van der Waals surface area contributed by atoms with E-state index in [2.05, 4.69) is 23.3 Å². The van der Waals surface area contributed by atoms with Gasteiger partial charge < -0.3 is 14.8 Å². The van der Waals surface area contributed by atoms with Gasteiger partial charge in [-0.2, -0.15) is 0 Å². The normalized spacial score (nSPS) is 31.4. The van der Waals surface area contributed by atoms with Crippen LogP contribution in [0.3, 0.4) is 0 Å². The smallest absolute Gasteiger partial charge is 0.171 e. The van der Waals surface area contributed by atoms with E-state index in [-0.39, 0.29) is 11.8 Å². The second kappa shape index (κ2) is 4.96. The van der Waals surface area contributed by atoms with Crippen LogP contribution in [-0.2, 0) is 9.47 Å². The molecule has 2 fully saturated rings. The molecule has 0 unspecified atom stereocenters. The molecule has 0 bridgehead atoms. The third-order valence-electron chi connectivity index (χ3n) is 3.72. The van der Waals surface area contributed by atoms with Crippen molar-refractivity contribution in [1.29, 1.82) is 0 Å². The maximum atomic E-state index is 5.95. The van der Waals surface area contributed by atoms with Gasteiger partial charge in [0.1, 0.15) is 0 Å². The standard InChI is InChI=1S/C14H20N2O2/c1-11-8-14(17-6-3-7-18-14)9-13(16-11)12-4-2-5-15-10-12/h2,4-5,10-11,13,16H,3,6-9H2,1H3/t11-,13-/m1/s1. The predicted octanol–water partition coefficient (Wildman–Crippen LogP) is 2.03. The van der Waals surface area contributed by atoms with Gasteiger partial charge in [0, 0.05) is 37.3 Å². The predicted molar refractivity (Wildman–Crippen MR) is 68.1 cm³/mol. The van der Waals surface area contributed by atoms with Crippen LogP contribution in [0.1, 0.15) is 37.8 Å². The van der Waals surface area contributed by atoms with E-state index >= 15 is 0 Å². The summed E-state index contributed by atoms with van der Waals surface area (Å²) in [4.78, 5) is 4.20. The van der Waals surface area contributed by atoms with Crippen LogP contribution in [0.4, 0.5) is 0 Å². The van der Waals surface area contributed by atoms with E-state index in [1.807, 2.05) is 12.3 Å². The molecule has 1 N–H and O–H groups in total. The maximum Gasteiger partial charge on any atom is 0.171 e. The third-order valence-corrected chi connectivity index (χ3v) is 3.72. The maximum absolute atomic E-state index is 5.95. The molecule has 2 aliphatic heterocycles. The van der Waals surface area contributed by atoms with Gasteiger partial charge in [0.05, 0.1) is 13.2 Å². The van der Waals surface area contributed by atoms with Crippen LogP contribution >= 0.6 is 0 Å². The van der Waals surface area contributed by atoms with E-state index < -0.39 is 0 Å². The third kappa shape index (κ3) is 2.41. The molecule has 4 heteroatoms. The van der Waals surface area contributed by atoms with Gasteiger partial charge in [-0.1, -0.05) is 6.07 Å². The van der Waals surface area contributed by atoms with Crippen molar-refractivity contribution < 1.29 is 9.47 Å². The largest absolute Gasteiger partial charge is 0.350 e. The fourth-order valence-electron chi connectivity index (χ4n) is 2.97. The summed E-state index contributed by atoms with van der Waals surface area (Å²) in [7, 11) is 0. The van der Waals surface area contributed by atoms with Gasteiger partial charge in [0.25, 0.3) is 0 Å². The number of hydrogen-bond acceptors (Lipinski definition) is 4. The summed E-state index contributed by atoms with van der Waals surface area (Å²) in [5.74, 6) is -0.385. The fraction of sp³-hybridized carbons (Fsp3) is 0.643. The lowest BCUT2D eigenvalue weighted by Crippen LogP contribution is -2.53. The number of ether oxygens (including phenoxy) is 2. The number of rotatable bonds is 1. The van der Waals surface area contributed by atoms with Gasteiger partial charge in [-0.25, -0.2) is 0 Å². The zero-order chi connectivity index (χ0) is 12.4. The number of aromatic nitrogens is 1. The molecule has 0 saturated carbocycles. The highest BCUT2D eigenvalue weighted by atomic mass is 16.7. The van der Waals surface area contributed by atoms with Crippen molar-refractivity contribution in [3.63, 3.8) is 0 Å². The molecule has 2 aliphatic rings. The Morgan fingerprint density at radius 2 is 2.17 bits per heavy atom. The van der Waals surface area contributed by atoms with Crippen LogP contribution < -0.4 is 5.32 Å². The van der Waals surface area contributed by atoms with Crippen LogP contribution in [0, 0.1) is 0 Å². The van der Waals surface area contributed by atoms with Crippen molar-refractivity contribution in [3.8, 4) is 0 Å². The van der Waals surface area contributed by atoms with Crippen molar-refractivity contribution in [1.82, 2.24) is 10.3 Å². The quantitative estimate of drug-likeness (QED) is 0.826. The van der Waals surface area contributed by atoms with Crippen molar-refractivity contribution in [2.24, 2.45) is 0 Å². The lowest BCUT2D eigenvalue weighted by Gasteiger charge is -2.45. The zero-order valence-corrected chi connectivity index (χ0v) is 10.8. The molecule has 0 aliphatic carbocycles. The molecule has 3 rings (SSSR count). The molecule has 0 radical (unpaired) electrons. The van der Waals surface area contributed by atoms with Gasteiger partial charge >= 0.3 is 0 Å². The van der Waals surface area contributed by atoms with Gasteiger partial charge in [0.15, 0.2) is 5.79 Å². The van der Waals surface area contributed by atoms with E-state index in [0.717, 1.165) is 32.5 Å². The molecule has 1 aromatic heterocycles. The average Bonchev–Trinajstić information content (AvgIpc) is 2.40. The Morgan fingerprint density at radius 3 is 2.89 bits per heavy atom. The van der Waals surface area contributed by atoms with Crippen molar-refractivity contribution >= 4 is 0 Å². The summed E-state index contributed by atoms with van der Waals surface area (Å²) in [6, 6.07) is 4.74. The first-order valence-corrected chi connectivity index (χ1v) is 6.71. The molecule has 2 atom stereocenters. The molecular weight excluding hydrogens is 228 g/mol. The monoisotopic (exact) mass is 248 g/mol. The number of piperidine rings is 1. The van der Waals surface area contributed by atoms with Gasteiger partial charge in [-0.05, 0) is 25.0 Å². The van der Waals surface area contributed by atoms with Crippen LogP contribution in [0.25, 0.3) is 0 Å². The Balaban J connectivity index is 1.80. The first-order chi connectivity index (χ1) is 8.77. The first kappa shape index (κ1) is 12.1. The summed E-state index contributed by atoms with van der Waals surface area (Å²) < 4.78 is 11.9. The highest BCUT2D eigenvalue weighted by Gasteiger charge is 2.42. The molecule has 98 valence electrons. The lowest BCUT2D eigenvalue weighted by atomic mass is 9.89. The second-order valence-corrected chi connectivity index (χ2v) is 5.28. The molecule has 18 heavy (non-hydrogen) atoms. The summed E-state index contributed by atoms with van der Waals surface area (Å²) in [5.41, 5.74) is 1.21. The SMILES string of the molecule is C[C@@H]1CC2(C[C@H](c3cccnc3)N1)OCCCO2. The van der Waals surface area contributed by atoms with E-state index in [1.165, 1.54) is 5.56 Å². The Kier molecular flexibility index (Phi) is 3.33. The topological polar surface area (TPSA) is 43.4 Å². The lowest BCUT2D eigenvalue weighted by molar-refractivity contribution is -0.286. The Morgan fingerprint density at radius 1 is 1.33 bits per heavy atom. The van der Waals surface area contributed by atoms with Crippen LogP contribution in [0.5, 0.6) is 0 Å². The summed E-state index contributed by atoms with van der Waals surface area (Å²) in [6.07, 6.45) is 6.51. The zero-order valence-electron chi connectivity index (χ0n) is 10.8. The number of nitrogens with one attached hydrogen (secondary N) is 1. The molecule has 2 saturated heterocycles. The molecule has 0 aromatic carbocycles. The van der Waals surface area contributed by atoms with E-state index in [1.54, 1.807) is 6.20 Å². The Bertz CT molecular complexity index is 390. The van der Waals surface area contributed by atoms with Crippen molar-refractivity contribution in [2.45, 2.75) is 44.1 Å². The summed E-state index contributed by atoms with van der Waals surface area (Å²) in [6.45, 7) is 3.81. The highest BCUT2D eigenvalue weighted by molar-refractivity contribution is 5.16. The van der Waals surface area contributed by atoms with Crippen molar-refractivity contribution in [3.05, 3.63) is 30.1 Å². The minimum atomic E-state index is -0.385. The molecule has 3 heterocycles. The van der Waals surface area contributed by atoms with Crippen LogP contribution in [-0.4, -0.2) is 30.0 Å². The molecule has 1 aromatic rings. The van der Waals surface area contributed by atoms with E-state index in [9.17, 15) is 0 Å². The molecule has 1 spiro atoms. The molecule has 0 amide bonds. The van der Waals surface area contributed by atoms with E-state index in [4.69, 9.17) is 9.47 Å². The van der Waals surface area contributed by atoms with Crippen LogP contribution in [0.15, 0.2) is 24.5 Å². The molecule has 4 nitrogen and oxygen atoms in total. The molecular formula is C14H20N2O2. The van der Waals surface area contributed by atoms with Gasteiger partial charge in [0.2, 0.25) is 0 Å². The summed E-state index contributed by atoms with van der Waals surface area (Å²) in [5, 5.41) is 3.60. The number of pyridine rings is 1. The average molecular weight is 248 g/mol. The van der Waals surface area contributed by atoms with Gasteiger partial charge in [-0.3, -0.25) is 4.98 Å². The first-order valence-electron chi connectivity index (χ1n) is 6.71. The Hall–Kier alpha value is -0.970. The number of nitrogens with zero attached hydrogens (tertiary/aromatic N) is 1.